The number of rotatable bonds is 11. The van der Waals surface area contributed by atoms with Crippen LogP contribution in [0.3, 0.4) is 0 Å². The normalized spacial score (nSPS) is 32.0. The van der Waals surface area contributed by atoms with E-state index in [0.29, 0.717) is 19.4 Å². The average Bonchev–Trinajstić information content (AvgIpc) is 3.56. The van der Waals surface area contributed by atoms with Gasteiger partial charge in [0.2, 0.25) is 11.8 Å². The number of carbonyl (C=O) groups excluding carboxylic acids is 3. The summed E-state index contributed by atoms with van der Waals surface area (Å²) in [4.78, 5) is 45.8. The summed E-state index contributed by atoms with van der Waals surface area (Å²) in [6.07, 6.45) is 8.70. The molecule has 3 saturated heterocycles. The molecule has 40 heavy (non-hydrogen) atoms. The Bertz CT molecular complexity index is 1120. The van der Waals surface area contributed by atoms with E-state index in [1.165, 1.54) is 4.90 Å². The second kappa shape index (κ2) is 12.2. The molecule has 1 aromatic rings. The number of hydrogen-bond acceptors (Lipinski definition) is 6. The Morgan fingerprint density at radius 2 is 1.93 bits per heavy atom. The molecule has 5 rings (SSSR count). The van der Waals surface area contributed by atoms with Crippen LogP contribution in [0.4, 0.5) is 0 Å². The predicted octanol–water partition coefficient (Wildman–Crippen LogP) is 3.93. The lowest BCUT2D eigenvalue weighted by Crippen LogP contribution is -2.59. The maximum atomic E-state index is 14.7. The molecule has 7 atom stereocenters. The van der Waals surface area contributed by atoms with Crippen LogP contribution in [0.25, 0.3) is 0 Å². The quantitative estimate of drug-likeness (QED) is 0.176. The lowest BCUT2D eigenvalue weighted by atomic mass is 9.70. The molecule has 1 aliphatic carbocycles. The number of carbonyl (C=O) groups is 3. The molecule has 2 bridgehead atoms. The van der Waals surface area contributed by atoms with Gasteiger partial charge in [0.1, 0.15) is 11.6 Å². The van der Waals surface area contributed by atoms with Crippen molar-refractivity contribution in [2.24, 2.45) is 11.8 Å². The molecule has 3 heterocycles. The van der Waals surface area contributed by atoms with Gasteiger partial charge in [0, 0.05) is 17.4 Å². The number of esters is 1. The van der Waals surface area contributed by atoms with E-state index in [0.717, 1.165) is 37.7 Å². The van der Waals surface area contributed by atoms with Crippen molar-refractivity contribution in [2.45, 2.75) is 79.6 Å². The summed E-state index contributed by atoms with van der Waals surface area (Å²) in [5, 5.41) is 10.7. The Kier molecular flexibility index (Phi) is 8.83. The first-order valence-corrected chi connectivity index (χ1v) is 15.3. The van der Waals surface area contributed by atoms with E-state index >= 15 is 0 Å². The molecule has 1 saturated carbocycles. The van der Waals surface area contributed by atoms with Crippen LogP contribution < -0.4 is 0 Å². The van der Waals surface area contributed by atoms with Crippen molar-refractivity contribution < 1.29 is 29.0 Å². The van der Waals surface area contributed by atoms with E-state index in [1.54, 1.807) is 12.2 Å². The van der Waals surface area contributed by atoms with E-state index in [4.69, 9.17) is 9.47 Å². The van der Waals surface area contributed by atoms with Crippen LogP contribution in [0.5, 0.6) is 0 Å². The summed E-state index contributed by atoms with van der Waals surface area (Å²) in [6.45, 7) is 7.73. The van der Waals surface area contributed by atoms with Crippen molar-refractivity contribution in [3.8, 4) is 0 Å². The zero-order chi connectivity index (χ0) is 28.4. The van der Waals surface area contributed by atoms with Crippen LogP contribution in [-0.2, 0) is 23.9 Å². The van der Waals surface area contributed by atoms with E-state index in [1.807, 2.05) is 35.2 Å². The largest absolute Gasteiger partial charge is 0.465 e. The molecule has 216 valence electrons. The highest BCUT2D eigenvalue weighted by Gasteiger charge is 2.77. The van der Waals surface area contributed by atoms with Crippen molar-refractivity contribution in [1.82, 2.24) is 9.80 Å². The second-order valence-corrected chi connectivity index (χ2v) is 12.5. The number of halogens is 1. The fraction of sp³-hybridized carbons (Fsp3) is 0.581. The highest BCUT2D eigenvalue weighted by Crippen LogP contribution is 2.61. The third kappa shape index (κ3) is 4.84. The molecule has 1 aromatic carbocycles. The van der Waals surface area contributed by atoms with Crippen LogP contribution in [0.2, 0.25) is 0 Å². The lowest BCUT2D eigenvalue weighted by Gasteiger charge is -2.42. The minimum Gasteiger partial charge on any atom is -0.465 e. The van der Waals surface area contributed by atoms with Gasteiger partial charge in [0.25, 0.3) is 0 Å². The summed E-state index contributed by atoms with van der Waals surface area (Å²) in [6, 6.07) is 7.51. The Labute approximate surface area is 244 Å². The fourth-order valence-electron chi connectivity index (χ4n) is 7.43. The van der Waals surface area contributed by atoms with E-state index in [-0.39, 0.29) is 35.9 Å². The van der Waals surface area contributed by atoms with Crippen molar-refractivity contribution in [2.75, 3.05) is 19.8 Å². The molecule has 3 unspecified atom stereocenters. The minimum atomic E-state index is -1.22. The standard InChI is InChI=1S/C31H39BrN2O6/c1-3-5-17-39-30(38)24-25-28(36)34(23(19-35)20-12-8-6-9-13-20)27(31(25)18-22(32)26(24)40-31)29(37)33(16-4-2)21-14-10-7-11-15-21/h3-4,6,8-9,12-13,21-27,35H,1-2,5,7,10-11,14-19H2/t22?,23-,24+,25+,26+,27?,31?/m1/s1. The third-order valence-electron chi connectivity index (χ3n) is 9.12. The summed E-state index contributed by atoms with van der Waals surface area (Å²) >= 11 is 3.71. The molecular weight excluding hydrogens is 576 g/mol. The van der Waals surface area contributed by atoms with Crippen LogP contribution >= 0.6 is 15.9 Å². The van der Waals surface area contributed by atoms with Crippen molar-refractivity contribution >= 4 is 33.7 Å². The van der Waals surface area contributed by atoms with Gasteiger partial charge < -0.3 is 24.4 Å². The SMILES string of the molecule is C=CCCOC(=O)[C@H]1[C@H]2C(=O)N([C@H](CO)c3ccccc3)C(C(=O)N(CC=C)C3CCCCC3)C23CC(Br)[C@@H]1O3. The Morgan fingerprint density at radius 3 is 2.58 bits per heavy atom. The van der Waals surface area contributed by atoms with Crippen LogP contribution in [-0.4, -0.2) is 81.1 Å². The number of ether oxygens (including phenoxy) is 2. The predicted molar refractivity (Wildman–Crippen MR) is 153 cm³/mol. The molecule has 9 heteroatoms. The lowest BCUT2D eigenvalue weighted by molar-refractivity contribution is -0.157. The first-order chi connectivity index (χ1) is 19.4. The Balaban J connectivity index is 1.59. The van der Waals surface area contributed by atoms with Crippen LogP contribution in [0.1, 0.15) is 56.6 Å². The van der Waals surface area contributed by atoms with Gasteiger partial charge in [-0.1, -0.05) is 77.7 Å². The number of aliphatic hydroxyl groups is 1. The van der Waals surface area contributed by atoms with Gasteiger partial charge in [0.05, 0.1) is 37.2 Å². The first-order valence-electron chi connectivity index (χ1n) is 14.4. The number of hydrogen-bond donors (Lipinski definition) is 1. The van der Waals surface area contributed by atoms with Crippen molar-refractivity contribution in [3.05, 3.63) is 61.2 Å². The van der Waals surface area contributed by atoms with Gasteiger partial charge in [-0.15, -0.1) is 13.2 Å². The Morgan fingerprint density at radius 1 is 1.20 bits per heavy atom. The van der Waals surface area contributed by atoms with Gasteiger partial charge in [-0.3, -0.25) is 14.4 Å². The number of fused-ring (bicyclic) bond motifs is 1. The van der Waals surface area contributed by atoms with Gasteiger partial charge in [-0.25, -0.2) is 0 Å². The number of amides is 2. The molecule has 2 amide bonds. The Hall–Kier alpha value is -2.49. The van der Waals surface area contributed by atoms with Gasteiger partial charge in [0.15, 0.2) is 0 Å². The second-order valence-electron chi connectivity index (χ2n) is 11.3. The monoisotopic (exact) mass is 614 g/mol. The number of alkyl halides is 1. The number of nitrogens with zero attached hydrogens (tertiary/aromatic N) is 2. The number of aliphatic hydroxyl groups excluding tert-OH is 1. The van der Waals surface area contributed by atoms with Crippen molar-refractivity contribution in [1.29, 1.82) is 0 Å². The summed E-state index contributed by atoms with van der Waals surface area (Å²) < 4.78 is 12.2. The topological polar surface area (TPSA) is 96.4 Å². The van der Waals surface area contributed by atoms with Crippen molar-refractivity contribution in [3.63, 3.8) is 0 Å². The van der Waals surface area contributed by atoms with Crippen LogP contribution in [0, 0.1) is 11.8 Å². The zero-order valence-corrected chi connectivity index (χ0v) is 24.4. The number of benzene rings is 1. The molecule has 1 N–H and O–H groups in total. The smallest absolute Gasteiger partial charge is 0.312 e. The molecular formula is C31H39BrN2O6. The maximum absolute atomic E-state index is 14.7. The minimum absolute atomic E-state index is 0.0361. The highest BCUT2D eigenvalue weighted by molar-refractivity contribution is 9.09. The number of likely N-dealkylation sites (tertiary alicyclic amines) is 1. The molecule has 1 spiro atoms. The van der Waals surface area contributed by atoms with Crippen LogP contribution in [0.15, 0.2) is 55.6 Å². The third-order valence-corrected chi connectivity index (χ3v) is 9.96. The van der Waals surface area contributed by atoms with Gasteiger partial charge in [-0.2, -0.15) is 0 Å². The molecule has 3 aliphatic heterocycles. The molecule has 4 fully saturated rings. The average molecular weight is 616 g/mol. The molecule has 0 aromatic heterocycles. The molecule has 8 nitrogen and oxygen atoms in total. The highest BCUT2D eigenvalue weighted by atomic mass is 79.9. The van der Waals surface area contributed by atoms with E-state index < -0.39 is 41.6 Å². The van der Waals surface area contributed by atoms with Gasteiger partial charge in [-0.05, 0) is 31.2 Å². The zero-order valence-electron chi connectivity index (χ0n) is 22.8. The summed E-state index contributed by atoms with van der Waals surface area (Å²) in [7, 11) is 0. The summed E-state index contributed by atoms with van der Waals surface area (Å²) in [5.41, 5.74) is -0.499. The molecule has 0 radical (unpaired) electrons. The fourth-order valence-corrected chi connectivity index (χ4v) is 8.37. The van der Waals surface area contributed by atoms with E-state index in [2.05, 4.69) is 29.1 Å². The maximum Gasteiger partial charge on any atom is 0.312 e. The summed E-state index contributed by atoms with van der Waals surface area (Å²) in [5.74, 6) is -2.80. The van der Waals surface area contributed by atoms with Gasteiger partial charge >= 0.3 is 5.97 Å². The molecule has 4 aliphatic rings. The first kappa shape index (κ1) is 29.0. The van der Waals surface area contributed by atoms with E-state index in [9.17, 15) is 19.5 Å².